The van der Waals surface area contributed by atoms with E-state index in [1.54, 1.807) is 13.0 Å². The molecule has 0 fully saturated rings. The number of anilines is 1. The zero-order valence-corrected chi connectivity index (χ0v) is 25.7. The molecule has 0 radical (unpaired) electrons. The molecule has 1 N–H and O–H groups in total. The summed E-state index contributed by atoms with van der Waals surface area (Å²) in [4.78, 5) is 28.3. The summed E-state index contributed by atoms with van der Waals surface area (Å²) in [6, 6.07) is 18.1. The number of amides is 2. The first-order valence-corrected chi connectivity index (χ1v) is 15.6. The van der Waals surface area contributed by atoms with Crippen LogP contribution in [0.25, 0.3) is 0 Å². The molecule has 0 saturated carbocycles. The van der Waals surface area contributed by atoms with Gasteiger partial charge in [0.25, 0.3) is 10.0 Å². The minimum absolute atomic E-state index is 0.0735. The van der Waals surface area contributed by atoms with Gasteiger partial charge in [-0.05, 0) is 54.7 Å². The van der Waals surface area contributed by atoms with Crippen LogP contribution in [0.5, 0.6) is 0 Å². The summed E-state index contributed by atoms with van der Waals surface area (Å²) in [7, 11) is -4.52. The molecule has 7 nitrogen and oxygen atoms in total. The molecule has 0 heterocycles. The van der Waals surface area contributed by atoms with Crippen LogP contribution in [0.2, 0.25) is 5.02 Å². The van der Waals surface area contributed by atoms with Crippen LogP contribution in [0.3, 0.4) is 0 Å². The van der Waals surface area contributed by atoms with Gasteiger partial charge in [-0.15, -0.1) is 0 Å². The van der Waals surface area contributed by atoms with E-state index in [1.165, 1.54) is 29.2 Å². The van der Waals surface area contributed by atoms with Crippen molar-refractivity contribution >= 4 is 39.1 Å². The third-order valence-corrected chi connectivity index (χ3v) is 8.83. The van der Waals surface area contributed by atoms with Crippen molar-refractivity contribution in [1.29, 1.82) is 0 Å². The zero-order valence-electron chi connectivity index (χ0n) is 24.1. The van der Waals surface area contributed by atoms with Crippen LogP contribution in [0.1, 0.15) is 38.3 Å². The molecule has 12 heteroatoms. The van der Waals surface area contributed by atoms with Crippen molar-refractivity contribution in [3.8, 4) is 0 Å². The third-order valence-electron chi connectivity index (χ3n) is 6.71. The predicted octanol–water partition coefficient (Wildman–Crippen LogP) is 6.18. The van der Waals surface area contributed by atoms with E-state index in [1.807, 2.05) is 44.2 Å². The minimum Gasteiger partial charge on any atom is -0.354 e. The van der Waals surface area contributed by atoms with E-state index < -0.39 is 56.9 Å². The summed E-state index contributed by atoms with van der Waals surface area (Å²) in [5.74, 6) is -0.999. The molecule has 0 aliphatic carbocycles. The number of rotatable bonds is 13. The van der Waals surface area contributed by atoms with Crippen molar-refractivity contribution in [2.75, 3.05) is 23.9 Å². The van der Waals surface area contributed by atoms with Crippen LogP contribution in [0.15, 0.2) is 83.8 Å². The normalized spacial score (nSPS) is 12.6. The molecule has 3 rings (SSSR count). The molecule has 0 aliphatic heterocycles. The molecule has 0 saturated heterocycles. The van der Waals surface area contributed by atoms with Gasteiger partial charge >= 0.3 is 6.18 Å². The van der Waals surface area contributed by atoms with Gasteiger partial charge in [-0.3, -0.25) is 13.9 Å². The van der Waals surface area contributed by atoms with Crippen LogP contribution < -0.4 is 9.62 Å². The summed E-state index contributed by atoms with van der Waals surface area (Å²) in [6.45, 7) is 5.18. The lowest BCUT2D eigenvalue weighted by molar-refractivity contribution is -0.139. The van der Waals surface area contributed by atoms with E-state index in [0.29, 0.717) is 23.3 Å². The summed E-state index contributed by atoms with van der Waals surface area (Å²) in [5.41, 5.74) is -0.749. The lowest BCUT2D eigenvalue weighted by atomic mass is 10.1. The summed E-state index contributed by atoms with van der Waals surface area (Å²) in [6.07, 6.45) is -4.27. The molecule has 0 aliphatic rings. The van der Waals surface area contributed by atoms with E-state index in [-0.39, 0.29) is 23.8 Å². The number of carbonyl (C=O) groups excluding carboxylic acids is 2. The number of nitrogens with zero attached hydrogens (tertiary/aromatic N) is 2. The summed E-state index contributed by atoms with van der Waals surface area (Å²) in [5, 5.41) is 2.22. The van der Waals surface area contributed by atoms with Crippen molar-refractivity contribution in [1.82, 2.24) is 10.2 Å². The Hall–Kier alpha value is -3.57. The highest BCUT2D eigenvalue weighted by Crippen LogP contribution is 2.38. The van der Waals surface area contributed by atoms with Gasteiger partial charge in [-0.25, -0.2) is 8.42 Å². The lowest BCUT2D eigenvalue weighted by Gasteiger charge is -2.33. The Morgan fingerprint density at radius 2 is 1.56 bits per heavy atom. The molecule has 0 aromatic heterocycles. The van der Waals surface area contributed by atoms with Crippen LogP contribution in [0.4, 0.5) is 18.9 Å². The fraction of sp³-hybridized carbons (Fsp3) is 0.355. The van der Waals surface area contributed by atoms with E-state index in [4.69, 9.17) is 11.6 Å². The largest absolute Gasteiger partial charge is 0.417 e. The maximum atomic E-state index is 14.0. The predicted molar refractivity (Wildman–Crippen MR) is 161 cm³/mol. The number of sulfonamides is 1. The lowest BCUT2D eigenvalue weighted by Crippen LogP contribution is -2.53. The quantitative estimate of drug-likeness (QED) is 0.243. The second-order valence-corrected chi connectivity index (χ2v) is 12.6. The van der Waals surface area contributed by atoms with Crippen molar-refractivity contribution in [3.63, 3.8) is 0 Å². The Labute approximate surface area is 255 Å². The maximum Gasteiger partial charge on any atom is 0.417 e. The van der Waals surface area contributed by atoms with E-state index in [9.17, 15) is 31.2 Å². The zero-order chi connectivity index (χ0) is 31.8. The Morgan fingerprint density at radius 1 is 0.953 bits per heavy atom. The van der Waals surface area contributed by atoms with Crippen molar-refractivity contribution in [2.45, 2.75) is 50.7 Å². The van der Waals surface area contributed by atoms with Crippen molar-refractivity contribution in [3.05, 3.63) is 95.0 Å². The third kappa shape index (κ3) is 8.96. The van der Waals surface area contributed by atoms with E-state index >= 15 is 0 Å². The topological polar surface area (TPSA) is 86.8 Å². The number of nitrogens with one attached hydrogen (secondary N) is 1. The van der Waals surface area contributed by atoms with E-state index in [2.05, 4.69) is 5.32 Å². The van der Waals surface area contributed by atoms with Gasteiger partial charge in [0.05, 0.1) is 21.2 Å². The highest BCUT2D eigenvalue weighted by molar-refractivity contribution is 7.92. The molecule has 0 bridgehead atoms. The van der Waals surface area contributed by atoms with Gasteiger partial charge in [-0.1, -0.05) is 80.9 Å². The number of alkyl halides is 3. The molecule has 232 valence electrons. The average Bonchev–Trinajstić information content (AvgIpc) is 2.97. The van der Waals surface area contributed by atoms with Gasteiger partial charge in [-0.2, -0.15) is 13.2 Å². The SMILES string of the molecule is CC[C@H](C(=O)NCC(C)C)N(CCc1ccccc1)C(=O)CN(c1ccc(Cl)c(C(F)(F)F)c1)S(=O)(=O)c1ccccc1. The van der Waals surface area contributed by atoms with Crippen LogP contribution in [-0.4, -0.2) is 50.8 Å². The monoisotopic (exact) mass is 637 g/mol. The van der Waals surface area contributed by atoms with Crippen molar-refractivity contribution < 1.29 is 31.2 Å². The number of hydrogen-bond acceptors (Lipinski definition) is 4. The molecule has 3 aromatic carbocycles. The number of halogens is 4. The Bertz CT molecular complexity index is 1490. The number of hydrogen-bond donors (Lipinski definition) is 1. The molecule has 3 aromatic rings. The second-order valence-electron chi connectivity index (χ2n) is 10.4. The smallest absolute Gasteiger partial charge is 0.354 e. The first-order chi connectivity index (χ1) is 20.3. The molecule has 0 unspecified atom stereocenters. The van der Waals surface area contributed by atoms with E-state index in [0.717, 1.165) is 17.7 Å². The van der Waals surface area contributed by atoms with Crippen LogP contribution in [-0.2, 0) is 32.2 Å². The van der Waals surface area contributed by atoms with Crippen LogP contribution in [0, 0.1) is 5.92 Å². The molecular formula is C31H35ClF3N3O4S. The Kier molecular flexibility index (Phi) is 11.6. The number of carbonyl (C=O) groups is 2. The Balaban J connectivity index is 2.07. The van der Waals surface area contributed by atoms with Gasteiger partial charge in [0.2, 0.25) is 11.8 Å². The molecule has 43 heavy (non-hydrogen) atoms. The highest BCUT2D eigenvalue weighted by Gasteiger charge is 2.37. The first kappa shape index (κ1) is 33.9. The van der Waals surface area contributed by atoms with Crippen LogP contribution >= 0.6 is 11.6 Å². The summed E-state index contributed by atoms with van der Waals surface area (Å²) < 4.78 is 69.6. The molecule has 1 atom stereocenters. The fourth-order valence-corrected chi connectivity index (χ4v) is 6.10. The van der Waals surface area contributed by atoms with Gasteiger partial charge in [0.1, 0.15) is 12.6 Å². The van der Waals surface area contributed by atoms with Gasteiger partial charge < -0.3 is 10.2 Å². The second kappa shape index (κ2) is 14.7. The molecular weight excluding hydrogens is 603 g/mol. The maximum absolute atomic E-state index is 14.0. The fourth-order valence-electron chi connectivity index (χ4n) is 4.45. The standard InChI is InChI=1S/C31H35ClF3N3O4S/c1-4-28(30(40)36-20-22(2)3)37(18-17-23-11-7-5-8-12-23)29(39)21-38(43(41,42)25-13-9-6-10-14-25)24-15-16-27(32)26(19-24)31(33,34)35/h5-16,19,22,28H,4,17-18,20-21H2,1-3H3,(H,36,40)/t28-/m1/s1. The average molecular weight is 638 g/mol. The van der Waals surface area contributed by atoms with Gasteiger partial charge in [0.15, 0.2) is 0 Å². The van der Waals surface area contributed by atoms with Crippen molar-refractivity contribution in [2.24, 2.45) is 5.92 Å². The Morgan fingerprint density at radius 3 is 2.12 bits per heavy atom. The molecule has 0 spiro atoms. The minimum atomic E-state index is -4.87. The number of benzene rings is 3. The highest BCUT2D eigenvalue weighted by atomic mass is 35.5. The summed E-state index contributed by atoms with van der Waals surface area (Å²) >= 11 is 5.81. The first-order valence-electron chi connectivity index (χ1n) is 13.8. The van der Waals surface area contributed by atoms with Gasteiger partial charge in [0, 0.05) is 13.1 Å². The molecule has 2 amide bonds.